The summed E-state index contributed by atoms with van der Waals surface area (Å²) in [6, 6.07) is 9.22. The number of rotatable bonds is 3. The molecule has 0 saturated heterocycles. The first kappa shape index (κ1) is 17.7. The molecule has 0 radical (unpaired) electrons. The van der Waals surface area contributed by atoms with Gasteiger partial charge in [0.05, 0.1) is 24.0 Å². The molecule has 0 spiro atoms. The minimum absolute atomic E-state index is 0.0256. The Morgan fingerprint density at radius 2 is 2.07 bits per heavy atom. The highest BCUT2D eigenvalue weighted by molar-refractivity contribution is 6.00. The Balaban J connectivity index is 1.70. The SMILES string of the molecule is COC1CCC(C(=O)N2Cc3cccnc3Nc3ccc(C=O)cc32)CC1. The highest BCUT2D eigenvalue weighted by Gasteiger charge is 2.32. The third-order valence-electron chi connectivity index (χ3n) is 5.54. The van der Waals surface area contributed by atoms with Crippen LogP contribution in [0.5, 0.6) is 0 Å². The van der Waals surface area contributed by atoms with Crippen LogP contribution in [-0.2, 0) is 16.1 Å². The second-order valence-corrected chi connectivity index (χ2v) is 7.16. The van der Waals surface area contributed by atoms with E-state index in [9.17, 15) is 9.59 Å². The molecule has 6 nitrogen and oxygen atoms in total. The van der Waals surface area contributed by atoms with Crippen molar-refractivity contribution >= 4 is 29.4 Å². The van der Waals surface area contributed by atoms with E-state index in [1.165, 1.54) is 0 Å². The van der Waals surface area contributed by atoms with Crippen molar-refractivity contribution in [1.29, 1.82) is 0 Å². The van der Waals surface area contributed by atoms with Crippen LogP contribution in [0.15, 0.2) is 36.5 Å². The van der Waals surface area contributed by atoms with Crippen LogP contribution >= 0.6 is 0 Å². The summed E-state index contributed by atoms with van der Waals surface area (Å²) in [5, 5.41) is 3.32. The van der Waals surface area contributed by atoms with Crippen LogP contribution in [0.25, 0.3) is 0 Å². The molecular weight excluding hydrogens is 342 g/mol. The van der Waals surface area contributed by atoms with Gasteiger partial charge in [-0.25, -0.2) is 4.98 Å². The van der Waals surface area contributed by atoms with Crippen LogP contribution < -0.4 is 10.2 Å². The fraction of sp³-hybridized carbons (Fsp3) is 0.381. The molecule has 0 bridgehead atoms. The summed E-state index contributed by atoms with van der Waals surface area (Å²) >= 11 is 0. The van der Waals surface area contributed by atoms with Gasteiger partial charge in [0.1, 0.15) is 12.1 Å². The molecule has 1 N–H and O–H groups in total. The minimum Gasteiger partial charge on any atom is -0.381 e. The highest BCUT2D eigenvalue weighted by Crippen LogP contribution is 2.38. The summed E-state index contributed by atoms with van der Waals surface area (Å²) in [4.78, 5) is 30.9. The molecule has 1 aliphatic carbocycles. The lowest BCUT2D eigenvalue weighted by Gasteiger charge is -2.31. The fourth-order valence-corrected chi connectivity index (χ4v) is 3.98. The quantitative estimate of drug-likeness (QED) is 0.840. The van der Waals surface area contributed by atoms with Crippen LogP contribution in [0.3, 0.4) is 0 Å². The van der Waals surface area contributed by atoms with Gasteiger partial charge in [-0.3, -0.25) is 9.59 Å². The number of nitrogens with one attached hydrogen (secondary N) is 1. The smallest absolute Gasteiger partial charge is 0.230 e. The number of anilines is 3. The molecule has 2 aliphatic rings. The van der Waals surface area contributed by atoms with Crippen LogP contribution in [0, 0.1) is 5.92 Å². The Hall–Kier alpha value is -2.73. The van der Waals surface area contributed by atoms with E-state index >= 15 is 0 Å². The van der Waals surface area contributed by atoms with Gasteiger partial charge in [0.2, 0.25) is 5.91 Å². The zero-order valence-electron chi connectivity index (χ0n) is 15.4. The summed E-state index contributed by atoms with van der Waals surface area (Å²) in [6.45, 7) is 0.439. The predicted octanol–water partition coefficient (Wildman–Crippen LogP) is 3.69. The fourth-order valence-electron chi connectivity index (χ4n) is 3.98. The van der Waals surface area contributed by atoms with E-state index in [4.69, 9.17) is 4.74 Å². The number of amides is 1. The number of hydrogen-bond acceptors (Lipinski definition) is 5. The van der Waals surface area contributed by atoms with Gasteiger partial charge < -0.3 is 15.0 Å². The van der Waals surface area contributed by atoms with Crippen molar-refractivity contribution in [2.45, 2.75) is 38.3 Å². The van der Waals surface area contributed by atoms with Gasteiger partial charge >= 0.3 is 0 Å². The number of hydrogen-bond donors (Lipinski definition) is 1. The summed E-state index contributed by atoms with van der Waals surface area (Å²) in [6.07, 6.45) is 6.24. The molecule has 1 saturated carbocycles. The summed E-state index contributed by atoms with van der Waals surface area (Å²) in [7, 11) is 1.73. The summed E-state index contributed by atoms with van der Waals surface area (Å²) in [5.41, 5.74) is 3.03. The van der Waals surface area contributed by atoms with E-state index in [-0.39, 0.29) is 17.9 Å². The van der Waals surface area contributed by atoms with E-state index in [2.05, 4.69) is 10.3 Å². The van der Waals surface area contributed by atoms with Crippen molar-refractivity contribution in [3.63, 3.8) is 0 Å². The average molecular weight is 365 g/mol. The molecule has 0 unspecified atom stereocenters. The number of aldehydes is 1. The molecule has 1 aromatic heterocycles. The summed E-state index contributed by atoms with van der Waals surface area (Å²) in [5.74, 6) is 0.825. The van der Waals surface area contributed by atoms with E-state index < -0.39 is 0 Å². The van der Waals surface area contributed by atoms with Crippen molar-refractivity contribution in [1.82, 2.24) is 4.98 Å². The number of ether oxygens (including phenoxy) is 1. The Bertz CT molecular complexity index is 860. The first-order chi connectivity index (χ1) is 13.2. The van der Waals surface area contributed by atoms with E-state index in [1.807, 2.05) is 18.2 Å². The number of carbonyl (C=O) groups excluding carboxylic acids is 2. The standard InChI is InChI=1S/C21H23N3O3/c1-27-17-7-5-15(6-8-17)21(26)24-12-16-3-2-10-22-20(16)23-18-9-4-14(13-25)11-19(18)24/h2-4,9-11,13,15,17H,5-8,12H2,1H3,(H,22,23). The second kappa shape index (κ2) is 7.48. The van der Waals surface area contributed by atoms with Gasteiger partial charge in [-0.1, -0.05) is 6.07 Å². The maximum Gasteiger partial charge on any atom is 0.230 e. The third kappa shape index (κ3) is 3.45. The summed E-state index contributed by atoms with van der Waals surface area (Å²) < 4.78 is 5.44. The van der Waals surface area contributed by atoms with Crippen LogP contribution in [0.1, 0.15) is 41.6 Å². The monoisotopic (exact) mass is 365 g/mol. The second-order valence-electron chi connectivity index (χ2n) is 7.16. The molecule has 0 atom stereocenters. The Labute approximate surface area is 158 Å². The molecule has 2 aromatic rings. The van der Waals surface area contributed by atoms with Crippen molar-refractivity contribution < 1.29 is 14.3 Å². The third-order valence-corrected chi connectivity index (χ3v) is 5.54. The zero-order valence-corrected chi connectivity index (χ0v) is 15.4. The molecule has 140 valence electrons. The van der Waals surface area contributed by atoms with Crippen molar-refractivity contribution in [3.8, 4) is 0 Å². The van der Waals surface area contributed by atoms with Crippen molar-refractivity contribution in [2.24, 2.45) is 5.92 Å². The number of carbonyl (C=O) groups is 2. The first-order valence-electron chi connectivity index (χ1n) is 9.34. The number of methoxy groups -OCH3 is 1. The maximum atomic E-state index is 13.4. The molecule has 27 heavy (non-hydrogen) atoms. The van der Waals surface area contributed by atoms with Crippen LogP contribution in [0.2, 0.25) is 0 Å². The number of nitrogens with zero attached hydrogens (tertiary/aromatic N) is 2. The molecule has 2 heterocycles. The number of aromatic nitrogens is 1. The Morgan fingerprint density at radius 1 is 1.26 bits per heavy atom. The lowest BCUT2D eigenvalue weighted by Crippen LogP contribution is -2.38. The maximum absolute atomic E-state index is 13.4. The van der Waals surface area contributed by atoms with Crippen LogP contribution in [-0.4, -0.2) is 30.4 Å². The topological polar surface area (TPSA) is 71.5 Å². The molecule has 6 heteroatoms. The molecular formula is C21H23N3O3. The van der Waals surface area contributed by atoms with Crippen LogP contribution in [0.4, 0.5) is 17.2 Å². The normalized spacial score (nSPS) is 21.4. The molecule has 1 fully saturated rings. The Morgan fingerprint density at radius 3 is 2.81 bits per heavy atom. The van der Waals surface area contributed by atoms with Gasteiger partial charge in [0, 0.05) is 30.4 Å². The van der Waals surface area contributed by atoms with Crippen molar-refractivity contribution in [3.05, 3.63) is 47.7 Å². The largest absolute Gasteiger partial charge is 0.381 e. The average Bonchev–Trinajstić information content (AvgIpc) is 2.89. The Kier molecular flexibility index (Phi) is 4.90. The molecule has 1 aromatic carbocycles. The molecule has 1 aliphatic heterocycles. The number of pyridine rings is 1. The van der Waals surface area contributed by atoms with E-state index in [0.29, 0.717) is 12.1 Å². The minimum atomic E-state index is -0.0256. The highest BCUT2D eigenvalue weighted by atomic mass is 16.5. The van der Waals surface area contributed by atoms with Gasteiger partial charge in [-0.15, -0.1) is 0 Å². The van der Waals surface area contributed by atoms with Crippen molar-refractivity contribution in [2.75, 3.05) is 17.3 Å². The first-order valence-corrected chi connectivity index (χ1v) is 9.34. The number of fused-ring (bicyclic) bond motifs is 2. The van der Waals surface area contributed by atoms with Gasteiger partial charge in [-0.05, 0) is 49.9 Å². The lowest BCUT2D eigenvalue weighted by atomic mass is 9.86. The van der Waals surface area contributed by atoms with Gasteiger partial charge in [0.15, 0.2) is 0 Å². The van der Waals surface area contributed by atoms with Gasteiger partial charge in [0.25, 0.3) is 0 Å². The number of benzene rings is 1. The molecule has 4 rings (SSSR count). The van der Waals surface area contributed by atoms with Gasteiger partial charge in [-0.2, -0.15) is 0 Å². The van der Waals surface area contributed by atoms with E-state index in [1.54, 1.807) is 30.3 Å². The predicted molar refractivity (Wildman–Crippen MR) is 103 cm³/mol. The zero-order chi connectivity index (χ0) is 18.8. The molecule has 1 amide bonds. The lowest BCUT2D eigenvalue weighted by molar-refractivity contribution is -0.124. The van der Waals surface area contributed by atoms with E-state index in [0.717, 1.165) is 54.7 Å².